The van der Waals surface area contributed by atoms with E-state index in [1.54, 1.807) is 0 Å². The molecule has 4 rings (SSSR count). The number of rotatable bonds is 2. The summed E-state index contributed by atoms with van der Waals surface area (Å²) in [6, 6.07) is 17.2. The van der Waals surface area contributed by atoms with Gasteiger partial charge in [-0.15, -0.1) is 0 Å². The highest BCUT2D eigenvalue weighted by molar-refractivity contribution is 5.28. The molecule has 120 valence electrons. The minimum absolute atomic E-state index is 0.655. The predicted molar refractivity (Wildman–Crippen MR) is 88.1 cm³/mol. The van der Waals surface area contributed by atoms with Crippen molar-refractivity contribution in [2.75, 3.05) is 19.9 Å². The van der Waals surface area contributed by atoms with Gasteiger partial charge in [0.25, 0.3) is 0 Å². The van der Waals surface area contributed by atoms with Crippen molar-refractivity contribution in [1.82, 2.24) is 10.1 Å². The highest BCUT2D eigenvalue weighted by Crippen LogP contribution is 2.20. The maximum absolute atomic E-state index is 5.93. The molecule has 0 fully saturated rings. The summed E-state index contributed by atoms with van der Waals surface area (Å²) in [5.41, 5.74) is 5.47. The molecular formula is C19H22N2O2. The quantitative estimate of drug-likeness (QED) is 0.851. The van der Waals surface area contributed by atoms with Gasteiger partial charge in [0.15, 0.2) is 0 Å². The van der Waals surface area contributed by atoms with Crippen LogP contribution in [0.1, 0.15) is 22.3 Å². The van der Waals surface area contributed by atoms with Crippen LogP contribution in [-0.2, 0) is 35.6 Å². The lowest BCUT2D eigenvalue weighted by Crippen LogP contribution is -2.36. The average molecular weight is 310 g/mol. The first kappa shape index (κ1) is 14.8. The molecule has 0 aliphatic carbocycles. The van der Waals surface area contributed by atoms with Crippen LogP contribution in [0.25, 0.3) is 0 Å². The summed E-state index contributed by atoms with van der Waals surface area (Å²) in [5.74, 6) is 0. The first-order chi connectivity index (χ1) is 11.4. The van der Waals surface area contributed by atoms with Gasteiger partial charge in [0.05, 0.1) is 26.3 Å². The summed E-state index contributed by atoms with van der Waals surface area (Å²) >= 11 is 0. The van der Waals surface area contributed by atoms with E-state index in [4.69, 9.17) is 9.68 Å². The molecule has 4 nitrogen and oxygen atoms in total. The Morgan fingerprint density at radius 1 is 0.652 bits per heavy atom. The first-order valence-corrected chi connectivity index (χ1v) is 8.28. The number of hydroxylamine groups is 4. The molecule has 0 aromatic heterocycles. The Labute approximate surface area is 137 Å². The van der Waals surface area contributed by atoms with Crippen LogP contribution in [0.15, 0.2) is 48.5 Å². The molecule has 2 aliphatic rings. The Morgan fingerprint density at radius 2 is 1.09 bits per heavy atom. The Kier molecular flexibility index (Phi) is 4.39. The van der Waals surface area contributed by atoms with E-state index in [1.807, 2.05) is 10.1 Å². The van der Waals surface area contributed by atoms with E-state index in [9.17, 15) is 0 Å². The molecule has 2 aliphatic heterocycles. The normalized spacial score (nSPS) is 19.5. The molecule has 0 saturated carbocycles. The van der Waals surface area contributed by atoms with E-state index in [2.05, 4.69) is 48.5 Å². The zero-order valence-electron chi connectivity index (χ0n) is 13.3. The largest absolute Gasteiger partial charge is 0.297 e. The predicted octanol–water partition coefficient (Wildman–Crippen LogP) is 2.92. The zero-order chi connectivity index (χ0) is 15.5. The second-order valence-electron chi connectivity index (χ2n) is 6.13. The number of hydrogen-bond donors (Lipinski definition) is 0. The Balaban J connectivity index is 1.46. The van der Waals surface area contributed by atoms with Gasteiger partial charge in [-0.2, -0.15) is 10.1 Å². The summed E-state index contributed by atoms with van der Waals surface area (Å²) < 4.78 is 0. The zero-order valence-corrected chi connectivity index (χ0v) is 13.3. The van der Waals surface area contributed by atoms with Gasteiger partial charge < -0.3 is 0 Å². The molecular weight excluding hydrogens is 288 g/mol. The lowest BCUT2D eigenvalue weighted by molar-refractivity contribution is -0.261. The lowest BCUT2D eigenvalue weighted by Gasteiger charge is -2.27. The van der Waals surface area contributed by atoms with Crippen LogP contribution in [-0.4, -0.2) is 30.0 Å². The molecule has 0 N–H and O–H groups in total. The van der Waals surface area contributed by atoms with Crippen LogP contribution in [0.4, 0.5) is 0 Å². The van der Waals surface area contributed by atoms with E-state index >= 15 is 0 Å². The van der Waals surface area contributed by atoms with Gasteiger partial charge in [0, 0.05) is 0 Å². The Morgan fingerprint density at radius 3 is 1.57 bits per heavy atom. The fraction of sp³-hybridized carbons (Fsp3) is 0.368. The van der Waals surface area contributed by atoms with Crippen molar-refractivity contribution in [1.29, 1.82) is 0 Å². The SMILES string of the molecule is c1ccc2c(c1)CCON(CN1Cc3ccccc3CCO1)C2. The summed E-state index contributed by atoms with van der Waals surface area (Å²) in [6.07, 6.45) is 1.94. The monoisotopic (exact) mass is 310 g/mol. The van der Waals surface area contributed by atoms with E-state index in [-0.39, 0.29) is 0 Å². The minimum Gasteiger partial charge on any atom is -0.297 e. The van der Waals surface area contributed by atoms with E-state index < -0.39 is 0 Å². The van der Waals surface area contributed by atoms with Crippen LogP contribution in [0.3, 0.4) is 0 Å². The topological polar surface area (TPSA) is 24.9 Å². The fourth-order valence-corrected chi connectivity index (χ4v) is 3.31. The third-order valence-corrected chi connectivity index (χ3v) is 4.54. The molecule has 4 heteroatoms. The van der Waals surface area contributed by atoms with Crippen molar-refractivity contribution in [2.45, 2.75) is 25.9 Å². The van der Waals surface area contributed by atoms with Gasteiger partial charge in [-0.1, -0.05) is 48.5 Å². The molecule has 2 heterocycles. The summed E-state index contributed by atoms with van der Waals surface area (Å²) in [4.78, 5) is 11.9. The Bertz CT molecular complexity index is 616. The third kappa shape index (κ3) is 3.46. The maximum atomic E-state index is 5.93. The van der Waals surface area contributed by atoms with Gasteiger partial charge in [0.1, 0.15) is 6.67 Å². The maximum Gasteiger partial charge on any atom is 0.101 e. The number of benzene rings is 2. The van der Waals surface area contributed by atoms with Crippen LogP contribution in [0.2, 0.25) is 0 Å². The fourth-order valence-electron chi connectivity index (χ4n) is 3.31. The van der Waals surface area contributed by atoms with Crippen molar-refractivity contribution in [2.24, 2.45) is 0 Å². The standard InChI is InChI=1S/C19H22N2O2/c1-3-7-18-13-20(22-11-9-16(18)5-1)15-21-14-19-8-4-2-6-17(19)10-12-23-21/h1-8H,9-15H2. The third-order valence-electron chi connectivity index (χ3n) is 4.54. The second kappa shape index (κ2) is 6.81. The summed E-state index contributed by atoms with van der Waals surface area (Å²) in [6.45, 7) is 3.71. The van der Waals surface area contributed by atoms with Crippen molar-refractivity contribution in [3.05, 3.63) is 70.8 Å². The lowest BCUT2D eigenvalue weighted by atomic mass is 10.1. The summed E-state index contributed by atoms with van der Waals surface area (Å²) in [7, 11) is 0. The number of nitrogens with zero attached hydrogens (tertiary/aromatic N) is 2. The summed E-state index contributed by atoms with van der Waals surface area (Å²) in [5, 5.41) is 4.03. The molecule has 23 heavy (non-hydrogen) atoms. The van der Waals surface area contributed by atoms with Gasteiger partial charge in [0.2, 0.25) is 0 Å². The van der Waals surface area contributed by atoms with Crippen molar-refractivity contribution < 1.29 is 9.68 Å². The molecule has 2 aromatic carbocycles. The van der Waals surface area contributed by atoms with Crippen LogP contribution < -0.4 is 0 Å². The van der Waals surface area contributed by atoms with E-state index in [0.717, 1.165) is 39.1 Å². The second-order valence-corrected chi connectivity index (χ2v) is 6.13. The molecule has 2 aromatic rings. The number of hydrogen-bond acceptors (Lipinski definition) is 4. The van der Waals surface area contributed by atoms with E-state index in [1.165, 1.54) is 22.3 Å². The van der Waals surface area contributed by atoms with Gasteiger partial charge in [-0.05, 0) is 35.1 Å². The Hall–Kier alpha value is -1.72. The van der Waals surface area contributed by atoms with Crippen molar-refractivity contribution in [3.8, 4) is 0 Å². The molecule has 0 atom stereocenters. The highest BCUT2D eigenvalue weighted by atomic mass is 16.7. The molecule has 0 amide bonds. The minimum atomic E-state index is 0.655. The van der Waals surface area contributed by atoms with Gasteiger partial charge >= 0.3 is 0 Å². The van der Waals surface area contributed by atoms with Crippen LogP contribution in [0, 0.1) is 0 Å². The molecule has 0 bridgehead atoms. The smallest absolute Gasteiger partial charge is 0.101 e. The molecule has 0 spiro atoms. The average Bonchev–Trinajstić information content (AvgIpc) is 2.90. The van der Waals surface area contributed by atoms with Crippen molar-refractivity contribution >= 4 is 0 Å². The van der Waals surface area contributed by atoms with Gasteiger partial charge in [-0.25, -0.2) is 0 Å². The number of fused-ring (bicyclic) bond motifs is 2. The van der Waals surface area contributed by atoms with Gasteiger partial charge in [-0.3, -0.25) is 9.68 Å². The van der Waals surface area contributed by atoms with Crippen LogP contribution >= 0.6 is 0 Å². The van der Waals surface area contributed by atoms with Crippen LogP contribution in [0.5, 0.6) is 0 Å². The first-order valence-electron chi connectivity index (χ1n) is 8.28. The molecule has 0 radical (unpaired) electrons. The highest BCUT2D eigenvalue weighted by Gasteiger charge is 2.20. The van der Waals surface area contributed by atoms with E-state index in [0.29, 0.717) is 6.67 Å². The van der Waals surface area contributed by atoms with Crippen molar-refractivity contribution in [3.63, 3.8) is 0 Å². The molecule has 0 unspecified atom stereocenters. The molecule has 0 saturated heterocycles.